The van der Waals surface area contributed by atoms with Crippen molar-refractivity contribution in [2.24, 2.45) is 0 Å². The van der Waals surface area contributed by atoms with Crippen LogP contribution in [0.5, 0.6) is 5.75 Å². The van der Waals surface area contributed by atoms with Crippen LogP contribution in [0, 0.1) is 20.8 Å². The first-order valence-corrected chi connectivity index (χ1v) is 14.5. The lowest BCUT2D eigenvalue weighted by molar-refractivity contribution is -0.117. The fourth-order valence-corrected chi connectivity index (χ4v) is 6.70. The third-order valence-electron chi connectivity index (χ3n) is 6.66. The molecular formula is C33H34N2O4S. The lowest BCUT2D eigenvalue weighted by atomic mass is 10.1. The summed E-state index contributed by atoms with van der Waals surface area (Å²) in [6.07, 6.45) is 3.16. The first-order valence-electron chi connectivity index (χ1n) is 13.1. The quantitative estimate of drug-likeness (QED) is 0.228. The molecule has 7 heteroatoms. The van der Waals surface area contributed by atoms with E-state index in [2.05, 4.69) is 5.32 Å². The lowest BCUT2D eigenvalue weighted by Gasteiger charge is -2.27. The highest BCUT2D eigenvalue weighted by molar-refractivity contribution is 7.92. The molecule has 4 aromatic carbocycles. The number of carbonyl (C=O) groups is 1. The maximum Gasteiger partial charge on any atom is 0.265 e. The summed E-state index contributed by atoms with van der Waals surface area (Å²) >= 11 is 0. The number of nitrogens with zero attached hydrogens (tertiary/aromatic N) is 1. The number of sulfonamides is 1. The number of phenols is 1. The highest BCUT2D eigenvalue weighted by atomic mass is 32.2. The Balaban J connectivity index is 1.61. The first kappa shape index (κ1) is 28.6. The first-order chi connectivity index (χ1) is 19.0. The SMILES string of the molecule is Cc1cc(C)c(S(=O)(=O)N(Cc2cccc(O)c2)c2ccc(C=CC(=O)NC(C)c3ccccc3)cc2)c(C)c1. The Morgan fingerprint density at radius 1 is 0.900 bits per heavy atom. The van der Waals surface area contributed by atoms with Crippen molar-refractivity contribution in [3.8, 4) is 5.75 Å². The number of nitrogens with one attached hydrogen (secondary N) is 1. The van der Waals surface area contributed by atoms with Crippen LogP contribution in [0.2, 0.25) is 0 Å². The number of aromatic hydroxyl groups is 1. The molecule has 0 aliphatic carbocycles. The van der Waals surface area contributed by atoms with Crippen molar-refractivity contribution in [2.45, 2.75) is 45.2 Å². The van der Waals surface area contributed by atoms with Gasteiger partial charge in [0.05, 0.1) is 23.2 Å². The molecule has 2 N–H and O–H groups in total. The highest BCUT2D eigenvalue weighted by Crippen LogP contribution is 2.31. The maximum absolute atomic E-state index is 14.1. The van der Waals surface area contributed by atoms with Gasteiger partial charge in [-0.1, -0.05) is 72.3 Å². The van der Waals surface area contributed by atoms with E-state index >= 15 is 0 Å². The third-order valence-corrected chi connectivity index (χ3v) is 8.74. The molecule has 0 heterocycles. The molecule has 0 radical (unpaired) electrons. The molecule has 0 fully saturated rings. The van der Waals surface area contributed by atoms with Gasteiger partial charge in [0.25, 0.3) is 10.0 Å². The Labute approximate surface area is 236 Å². The summed E-state index contributed by atoms with van der Waals surface area (Å²) in [7, 11) is -3.95. The van der Waals surface area contributed by atoms with Gasteiger partial charge in [-0.3, -0.25) is 9.10 Å². The van der Waals surface area contributed by atoms with E-state index < -0.39 is 10.0 Å². The molecule has 1 unspecified atom stereocenters. The number of benzene rings is 4. The van der Waals surface area contributed by atoms with Crippen LogP contribution >= 0.6 is 0 Å². The summed E-state index contributed by atoms with van der Waals surface area (Å²) in [6, 6.07) is 26.9. The van der Waals surface area contributed by atoms with Crippen LogP contribution in [0.25, 0.3) is 6.08 Å². The van der Waals surface area contributed by atoms with Gasteiger partial charge in [-0.25, -0.2) is 8.42 Å². The van der Waals surface area contributed by atoms with E-state index in [-0.39, 0.29) is 29.1 Å². The van der Waals surface area contributed by atoms with Crippen molar-refractivity contribution in [1.82, 2.24) is 5.32 Å². The summed E-state index contributed by atoms with van der Waals surface area (Å²) in [6.45, 7) is 7.51. The van der Waals surface area contributed by atoms with Crippen LogP contribution in [0.3, 0.4) is 0 Å². The fourth-order valence-electron chi connectivity index (χ4n) is 4.83. The zero-order valence-corrected chi connectivity index (χ0v) is 23.9. The van der Waals surface area contributed by atoms with E-state index in [1.165, 1.54) is 10.4 Å². The molecule has 0 spiro atoms. The molecular weight excluding hydrogens is 520 g/mol. The summed E-state index contributed by atoms with van der Waals surface area (Å²) < 4.78 is 29.5. The van der Waals surface area contributed by atoms with Crippen molar-refractivity contribution >= 4 is 27.7 Å². The van der Waals surface area contributed by atoms with Crippen molar-refractivity contribution in [1.29, 1.82) is 0 Å². The topological polar surface area (TPSA) is 86.7 Å². The monoisotopic (exact) mass is 554 g/mol. The molecule has 6 nitrogen and oxygen atoms in total. The summed E-state index contributed by atoms with van der Waals surface area (Å²) in [5, 5.41) is 12.9. The Morgan fingerprint density at radius 3 is 2.17 bits per heavy atom. The molecule has 0 saturated carbocycles. The number of hydrogen-bond acceptors (Lipinski definition) is 4. The molecule has 1 amide bonds. The van der Waals surface area contributed by atoms with Crippen molar-refractivity contribution in [3.63, 3.8) is 0 Å². The predicted octanol–water partition coefficient (Wildman–Crippen LogP) is 6.60. The number of amides is 1. The number of carbonyl (C=O) groups excluding carboxylic acids is 1. The van der Waals surface area contributed by atoms with Crippen LogP contribution < -0.4 is 9.62 Å². The zero-order valence-electron chi connectivity index (χ0n) is 23.1. The number of anilines is 1. The number of rotatable bonds is 9. The van der Waals surface area contributed by atoms with Crippen molar-refractivity contribution in [3.05, 3.63) is 130 Å². The minimum Gasteiger partial charge on any atom is -0.508 e. The molecule has 0 saturated heterocycles. The molecule has 206 valence electrons. The van der Waals surface area contributed by atoms with Gasteiger partial charge < -0.3 is 10.4 Å². The number of phenolic OH excluding ortho intramolecular Hbond substituents is 1. The van der Waals surface area contributed by atoms with Gasteiger partial charge in [-0.2, -0.15) is 0 Å². The summed E-state index contributed by atoms with van der Waals surface area (Å²) in [4.78, 5) is 12.7. The molecule has 40 heavy (non-hydrogen) atoms. The predicted molar refractivity (Wildman–Crippen MR) is 161 cm³/mol. The van der Waals surface area contributed by atoms with E-state index in [9.17, 15) is 18.3 Å². The molecule has 4 rings (SSSR count). The van der Waals surface area contributed by atoms with Crippen molar-refractivity contribution in [2.75, 3.05) is 4.31 Å². The van der Waals surface area contributed by atoms with Gasteiger partial charge >= 0.3 is 0 Å². The summed E-state index contributed by atoms with van der Waals surface area (Å²) in [5.41, 5.74) is 5.24. The highest BCUT2D eigenvalue weighted by Gasteiger charge is 2.28. The zero-order chi connectivity index (χ0) is 28.9. The molecule has 1 atom stereocenters. The third kappa shape index (κ3) is 6.79. The van der Waals surface area contributed by atoms with E-state index in [0.717, 1.165) is 16.7 Å². The van der Waals surface area contributed by atoms with E-state index in [0.29, 0.717) is 22.4 Å². The second-order valence-electron chi connectivity index (χ2n) is 9.98. The second-order valence-corrected chi connectivity index (χ2v) is 11.8. The van der Waals surface area contributed by atoms with Crippen LogP contribution in [-0.4, -0.2) is 19.4 Å². The lowest BCUT2D eigenvalue weighted by Crippen LogP contribution is -2.31. The van der Waals surface area contributed by atoms with Crippen LogP contribution in [0.1, 0.15) is 46.3 Å². The Morgan fingerprint density at radius 2 is 1.55 bits per heavy atom. The Hall–Kier alpha value is -4.36. The van der Waals surface area contributed by atoms with Gasteiger partial charge in [0.2, 0.25) is 5.91 Å². The Kier molecular flexibility index (Phi) is 8.75. The standard InChI is InChI=1S/C33H34N2O4S/c1-23-19-24(2)33(25(3)20-23)40(38,39)35(22-28-9-8-12-31(36)21-28)30-16-13-27(14-17-30)15-18-32(37)34-26(4)29-10-6-5-7-11-29/h5-21,26,36H,22H2,1-4H3,(H,34,37). The van der Waals surface area contributed by atoms with Crippen LogP contribution in [0.4, 0.5) is 5.69 Å². The largest absolute Gasteiger partial charge is 0.508 e. The molecule has 0 aliphatic heterocycles. The minimum absolute atomic E-state index is 0.0401. The van der Waals surface area contributed by atoms with Gasteiger partial charge in [-0.15, -0.1) is 0 Å². The van der Waals surface area contributed by atoms with Gasteiger partial charge in [0.15, 0.2) is 0 Å². The van der Waals surface area contributed by atoms with Gasteiger partial charge in [0.1, 0.15) is 5.75 Å². The smallest absolute Gasteiger partial charge is 0.265 e. The molecule has 4 aromatic rings. The van der Waals surface area contributed by atoms with Crippen LogP contribution in [-0.2, 0) is 21.4 Å². The molecule has 0 bridgehead atoms. The van der Waals surface area contributed by atoms with Gasteiger partial charge in [0, 0.05) is 6.08 Å². The number of hydrogen-bond donors (Lipinski definition) is 2. The minimum atomic E-state index is -3.95. The normalized spacial score (nSPS) is 12.3. The van der Waals surface area contributed by atoms with E-state index in [1.54, 1.807) is 68.5 Å². The Bertz CT molecular complexity index is 1610. The average Bonchev–Trinajstić information content (AvgIpc) is 2.90. The van der Waals surface area contributed by atoms with Crippen LogP contribution in [0.15, 0.2) is 102 Å². The second kappa shape index (κ2) is 12.2. The molecule has 0 aliphatic rings. The number of aryl methyl sites for hydroxylation is 3. The van der Waals surface area contributed by atoms with Gasteiger partial charge in [-0.05, 0) is 85.9 Å². The van der Waals surface area contributed by atoms with Crippen molar-refractivity contribution < 1.29 is 18.3 Å². The molecule has 0 aromatic heterocycles. The fraction of sp³-hybridized carbons (Fsp3) is 0.182. The maximum atomic E-state index is 14.1. The van der Waals surface area contributed by atoms with E-state index in [4.69, 9.17) is 0 Å². The van der Waals surface area contributed by atoms with E-state index in [1.807, 2.05) is 56.3 Å². The average molecular weight is 555 g/mol. The summed E-state index contributed by atoms with van der Waals surface area (Å²) in [5.74, 6) is -0.156.